The molecule has 0 saturated carbocycles. The monoisotopic (exact) mass is 465 g/mol. The molecule has 0 unspecified atom stereocenters. The number of anilines is 1. The van der Waals surface area contributed by atoms with Crippen LogP contribution in [-0.2, 0) is 14.8 Å². The Labute approximate surface area is 184 Å². The standard InChI is InChI=1S/C20H23N3O6S2/c1-22-7-9-23(10-8-22)17(24)6-5-14-15(21-31(25,26)18-4-3-11-30-18)12-16-20(19(14)27-2)29-13-28-16/h3-6,11-12,21H,7-10,13H2,1-2H3/b6-5+. The molecule has 0 atom stereocenters. The van der Waals surface area contributed by atoms with Crippen LogP contribution >= 0.6 is 11.3 Å². The van der Waals surface area contributed by atoms with Crippen molar-refractivity contribution in [2.45, 2.75) is 4.21 Å². The molecule has 0 radical (unpaired) electrons. The average molecular weight is 466 g/mol. The second kappa shape index (κ2) is 8.77. The van der Waals surface area contributed by atoms with E-state index in [1.807, 2.05) is 7.05 Å². The van der Waals surface area contributed by atoms with Crippen molar-refractivity contribution in [2.24, 2.45) is 0 Å². The lowest BCUT2D eigenvalue weighted by molar-refractivity contribution is -0.127. The number of rotatable bonds is 6. The highest BCUT2D eigenvalue weighted by atomic mass is 32.2. The number of nitrogens with zero attached hydrogens (tertiary/aromatic N) is 2. The maximum atomic E-state index is 12.8. The highest BCUT2D eigenvalue weighted by Gasteiger charge is 2.27. The molecule has 1 amide bonds. The Hall–Kier alpha value is -2.76. The molecule has 1 fully saturated rings. The fourth-order valence-electron chi connectivity index (χ4n) is 3.38. The second-order valence-corrected chi connectivity index (χ2v) is 9.96. The molecule has 2 aliphatic heterocycles. The molecular weight excluding hydrogens is 442 g/mol. The van der Waals surface area contributed by atoms with Gasteiger partial charge in [0.25, 0.3) is 10.0 Å². The van der Waals surface area contributed by atoms with Crippen LogP contribution in [-0.4, -0.2) is 71.3 Å². The summed E-state index contributed by atoms with van der Waals surface area (Å²) in [6.45, 7) is 2.87. The third kappa shape index (κ3) is 4.48. The molecule has 1 aromatic heterocycles. The predicted molar refractivity (Wildman–Crippen MR) is 117 cm³/mol. The van der Waals surface area contributed by atoms with E-state index in [1.54, 1.807) is 22.4 Å². The minimum Gasteiger partial charge on any atom is -0.492 e. The van der Waals surface area contributed by atoms with E-state index in [0.717, 1.165) is 24.4 Å². The van der Waals surface area contributed by atoms with Gasteiger partial charge in [0, 0.05) is 43.9 Å². The van der Waals surface area contributed by atoms with Crippen molar-refractivity contribution in [3.05, 3.63) is 35.2 Å². The van der Waals surface area contributed by atoms with Gasteiger partial charge in [0.15, 0.2) is 11.5 Å². The van der Waals surface area contributed by atoms with Crippen LogP contribution in [0, 0.1) is 0 Å². The number of carbonyl (C=O) groups is 1. The summed E-state index contributed by atoms with van der Waals surface area (Å²) >= 11 is 1.11. The lowest BCUT2D eigenvalue weighted by atomic mass is 10.1. The van der Waals surface area contributed by atoms with Crippen LogP contribution < -0.4 is 18.9 Å². The van der Waals surface area contributed by atoms with Gasteiger partial charge < -0.3 is 24.0 Å². The topological polar surface area (TPSA) is 97.4 Å². The molecule has 0 bridgehead atoms. The van der Waals surface area contributed by atoms with Gasteiger partial charge in [-0.1, -0.05) is 6.07 Å². The Morgan fingerprint density at radius 1 is 1.26 bits per heavy atom. The van der Waals surface area contributed by atoms with Crippen molar-refractivity contribution in [1.82, 2.24) is 9.80 Å². The minimum absolute atomic E-state index is 0.00377. The zero-order valence-corrected chi connectivity index (χ0v) is 18.8. The molecule has 11 heteroatoms. The van der Waals surface area contributed by atoms with Crippen LogP contribution in [0.15, 0.2) is 33.9 Å². The molecule has 2 aromatic rings. The molecule has 3 heterocycles. The number of nitrogens with one attached hydrogen (secondary N) is 1. The average Bonchev–Trinajstić information content (AvgIpc) is 3.44. The predicted octanol–water partition coefficient (Wildman–Crippen LogP) is 2.07. The van der Waals surface area contributed by atoms with Gasteiger partial charge in [-0.25, -0.2) is 8.42 Å². The fourth-order valence-corrected chi connectivity index (χ4v) is 5.44. The zero-order chi connectivity index (χ0) is 22.0. The number of amides is 1. The number of hydrogen-bond donors (Lipinski definition) is 1. The maximum absolute atomic E-state index is 12.8. The van der Waals surface area contributed by atoms with Gasteiger partial charge in [-0.2, -0.15) is 0 Å². The van der Waals surface area contributed by atoms with Crippen LogP contribution in [0.25, 0.3) is 6.08 Å². The number of ether oxygens (including phenoxy) is 3. The van der Waals surface area contributed by atoms with E-state index in [-0.39, 0.29) is 22.6 Å². The highest BCUT2D eigenvalue weighted by Crippen LogP contribution is 2.47. The molecule has 1 aromatic carbocycles. The summed E-state index contributed by atoms with van der Waals surface area (Å²) in [6.07, 6.45) is 2.97. The smallest absolute Gasteiger partial charge is 0.271 e. The van der Waals surface area contributed by atoms with Crippen LogP contribution in [0.3, 0.4) is 0 Å². The summed E-state index contributed by atoms with van der Waals surface area (Å²) in [6, 6.07) is 4.72. The Kier molecular flexibility index (Phi) is 6.08. The Balaban J connectivity index is 1.69. The molecule has 0 spiro atoms. The Morgan fingerprint density at radius 2 is 2.03 bits per heavy atom. The van der Waals surface area contributed by atoms with Crippen LogP contribution in [0.5, 0.6) is 17.2 Å². The molecule has 9 nitrogen and oxygen atoms in total. The van der Waals surface area contributed by atoms with Gasteiger partial charge in [-0.3, -0.25) is 9.52 Å². The van der Waals surface area contributed by atoms with Gasteiger partial charge in [-0.05, 0) is 24.6 Å². The third-order valence-corrected chi connectivity index (χ3v) is 7.84. The summed E-state index contributed by atoms with van der Waals surface area (Å²) in [5.74, 6) is 0.873. The lowest BCUT2D eigenvalue weighted by Crippen LogP contribution is -2.46. The van der Waals surface area contributed by atoms with Crippen molar-refractivity contribution >= 4 is 39.0 Å². The third-order valence-electron chi connectivity index (χ3n) is 5.07. The van der Waals surface area contributed by atoms with E-state index < -0.39 is 10.0 Å². The van der Waals surface area contributed by atoms with Crippen LogP contribution in [0.4, 0.5) is 5.69 Å². The molecule has 4 rings (SSSR count). The Morgan fingerprint density at radius 3 is 2.71 bits per heavy atom. The number of piperazine rings is 1. The molecule has 0 aliphatic carbocycles. The van der Waals surface area contributed by atoms with Gasteiger partial charge in [-0.15, -0.1) is 11.3 Å². The van der Waals surface area contributed by atoms with Crippen molar-refractivity contribution in [3.63, 3.8) is 0 Å². The largest absolute Gasteiger partial charge is 0.492 e. The lowest BCUT2D eigenvalue weighted by Gasteiger charge is -2.31. The number of sulfonamides is 1. The van der Waals surface area contributed by atoms with Gasteiger partial charge in [0.2, 0.25) is 18.4 Å². The first-order valence-electron chi connectivity index (χ1n) is 9.61. The van der Waals surface area contributed by atoms with E-state index >= 15 is 0 Å². The molecular formula is C20H23N3O6S2. The summed E-state index contributed by atoms with van der Waals surface area (Å²) < 4.78 is 44.8. The molecule has 166 valence electrons. The minimum atomic E-state index is -3.82. The van der Waals surface area contributed by atoms with E-state index in [0.29, 0.717) is 35.9 Å². The van der Waals surface area contributed by atoms with Gasteiger partial charge in [0.05, 0.1) is 12.8 Å². The van der Waals surface area contributed by atoms with Crippen LogP contribution in [0.1, 0.15) is 5.56 Å². The normalized spacial score (nSPS) is 16.6. The number of benzene rings is 1. The summed E-state index contributed by atoms with van der Waals surface area (Å²) in [7, 11) is -0.350. The number of likely N-dealkylation sites (N-methyl/N-ethyl adjacent to an activating group) is 1. The van der Waals surface area contributed by atoms with Crippen molar-refractivity contribution in [3.8, 4) is 17.2 Å². The van der Waals surface area contributed by atoms with Crippen molar-refractivity contribution in [1.29, 1.82) is 0 Å². The molecule has 1 saturated heterocycles. The Bertz CT molecular complexity index is 1090. The van der Waals surface area contributed by atoms with Gasteiger partial charge >= 0.3 is 0 Å². The van der Waals surface area contributed by atoms with Crippen molar-refractivity contribution in [2.75, 3.05) is 51.9 Å². The van der Waals surface area contributed by atoms with E-state index in [1.165, 1.54) is 25.3 Å². The summed E-state index contributed by atoms with van der Waals surface area (Å²) in [4.78, 5) is 16.6. The number of methoxy groups -OCH3 is 1. The quantitative estimate of drug-likeness (QED) is 0.653. The summed E-state index contributed by atoms with van der Waals surface area (Å²) in [5.41, 5.74) is 0.617. The number of fused-ring (bicyclic) bond motifs is 1. The van der Waals surface area contributed by atoms with Crippen LogP contribution in [0.2, 0.25) is 0 Å². The second-order valence-electron chi connectivity index (χ2n) is 7.10. The first kappa shape index (κ1) is 21.5. The number of carbonyl (C=O) groups excluding carboxylic acids is 1. The van der Waals surface area contributed by atoms with E-state index in [4.69, 9.17) is 14.2 Å². The number of hydrogen-bond acceptors (Lipinski definition) is 8. The summed E-state index contributed by atoms with van der Waals surface area (Å²) in [5, 5.41) is 1.68. The molecule has 31 heavy (non-hydrogen) atoms. The first-order valence-corrected chi connectivity index (χ1v) is 12.0. The van der Waals surface area contributed by atoms with E-state index in [2.05, 4.69) is 9.62 Å². The SMILES string of the molecule is COc1c(/C=C/C(=O)N2CCN(C)CC2)c(NS(=O)(=O)c2cccs2)cc2c1OCO2. The molecule has 1 N–H and O–H groups in total. The zero-order valence-electron chi connectivity index (χ0n) is 17.2. The molecule has 2 aliphatic rings. The maximum Gasteiger partial charge on any atom is 0.271 e. The van der Waals surface area contributed by atoms with Crippen molar-refractivity contribution < 1.29 is 27.4 Å². The van der Waals surface area contributed by atoms with E-state index in [9.17, 15) is 13.2 Å². The first-order chi connectivity index (χ1) is 14.9. The number of thiophene rings is 1. The fraction of sp³-hybridized carbons (Fsp3) is 0.350. The highest BCUT2D eigenvalue weighted by molar-refractivity contribution is 7.94. The van der Waals surface area contributed by atoms with Gasteiger partial charge in [0.1, 0.15) is 4.21 Å².